The minimum Gasteiger partial charge on any atom is -0.461 e. The zero-order chi connectivity index (χ0) is 17.7. The van der Waals surface area contributed by atoms with Crippen LogP contribution in [0.2, 0.25) is 0 Å². The molecule has 134 valence electrons. The number of carbonyl (C=O) groups excluding carboxylic acids is 2. The van der Waals surface area contributed by atoms with Crippen LogP contribution in [0, 0.1) is 0 Å². The Balaban J connectivity index is 4.79. The molecule has 0 saturated heterocycles. The summed E-state index contributed by atoms with van der Waals surface area (Å²) in [5.74, 6) is -1.16. The largest absolute Gasteiger partial charge is 0.461 e. The van der Waals surface area contributed by atoms with E-state index in [0.29, 0.717) is 12.8 Å². The van der Waals surface area contributed by atoms with E-state index >= 15 is 0 Å². The Labute approximate surface area is 135 Å². The van der Waals surface area contributed by atoms with Crippen molar-refractivity contribution in [3.8, 4) is 0 Å². The van der Waals surface area contributed by atoms with Gasteiger partial charge in [-0.05, 0) is 19.8 Å². The minimum atomic E-state index is -4.68. The summed E-state index contributed by atoms with van der Waals surface area (Å²) in [5.41, 5.74) is -1.84. The molecule has 0 rings (SSSR count). The fraction of sp³-hybridized carbons (Fsp3) is 0.750. The average Bonchev–Trinajstić information content (AvgIpc) is 2.47. The Morgan fingerprint density at radius 2 is 1.61 bits per heavy atom. The van der Waals surface area contributed by atoms with Gasteiger partial charge in [0.05, 0.1) is 12.2 Å². The van der Waals surface area contributed by atoms with Crippen LogP contribution in [0.5, 0.6) is 0 Å². The maximum absolute atomic E-state index is 13.1. The quantitative estimate of drug-likeness (QED) is 0.251. The molecule has 1 amide bonds. The van der Waals surface area contributed by atoms with Gasteiger partial charge < -0.3 is 10.1 Å². The predicted molar refractivity (Wildman–Crippen MR) is 81.5 cm³/mol. The van der Waals surface area contributed by atoms with E-state index in [1.807, 2.05) is 5.32 Å². The molecule has 0 atom stereocenters. The normalized spacial score (nSPS) is 12.6. The van der Waals surface area contributed by atoms with Gasteiger partial charge >= 0.3 is 12.1 Å². The van der Waals surface area contributed by atoms with Gasteiger partial charge in [-0.15, -0.1) is 0 Å². The van der Waals surface area contributed by atoms with Crippen LogP contribution in [-0.4, -0.2) is 25.2 Å². The Morgan fingerprint density at radius 1 is 1.04 bits per heavy atom. The summed E-state index contributed by atoms with van der Waals surface area (Å²) in [6.07, 6.45) is 1.21. The van der Waals surface area contributed by atoms with E-state index in [4.69, 9.17) is 0 Å². The molecule has 0 heterocycles. The van der Waals surface area contributed by atoms with Gasteiger partial charge in [0.15, 0.2) is 0 Å². The molecule has 0 aliphatic carbocycles. The Kier molecular flexibility index (Phi) is 11.2. The lowest BCUT2D eigenvalue weighted by molar-refractivity contribution is -0.141. The van der Waals surface area contributed by atoms with E-state index in [1.165, 1.54) is 6.92 Å². The molecule has 0 bridgehead atoms. The monoisotopic (exact) mass is 337 g/mol. The van der Waals surface area contributed by atoms with Crippen LogP contribution in [0.3, 0.4) is 0 Å². The Hall–Kier alpha value is -1.53. The number of nitrogens with one attached hydrogen (secondary N) is 1. The van der Waals surface area contributed by atoms with E-state index in [-0.39, 0.29) is 19.4 Å². The molecule has 0 radical (unpaired) electrons. The SMILES string of the molecule is CCCCCCCCC/C(=C(/NC=O)C(=O)OCC)C(F)(F)F. The van der Waals surface area contributed by atoms with Crippen molar-refractivity contribution in [2.24, 2.45) is 0 Å². The van der Waals surface area contributed by atoms with Crippen LogP contribution >= 0.6 is 0 Å². The van der Waals surface area contributed by atoms with E-state index in [9.17, 15) is 22.8 Å². The van der Waals surface area contributed by atoms with Crippen LogP contribution in [0.15, 0.2) is 11.3 Å². The van der Waals surface area contributed by atoms with Crippen LogP contribution in [0.1, 0.15) is 65.2 Å². The first-order valence-electron chi connectivity index (χ1n) is 8.06. The molecular weight excluding hydrogens is 311 g/mol. The lowest BCUT2D eigenvalue weighted by Gasteiger charge is -2.16. The summed E-state index contributed by atoms with van der Waals surface area (Å²) in [7, 11) is 0. The number of ether oxygens (including phenoxy) is 1. The van der Waals surface area contributed by atoms with Gasteiger partial charge in [0, 0.05) is 0 Å². The number of amides is 1. The fourth-order valence-electron chi connectivity index (χ4n) is 2.20. The third-order valence-electron chi connectivity index (χ3n) is 3.36. The number of hydrogen-bond acceptors (Lipinski definition) is 3. The summed E-state index contributed by atoms with van der Waals surface area (Å²) in [4.78, 5) is 22.1. The highest BCUT2D eigenvalue weighted by molar-refractivity contribution is 5.91. The lowest BCUT2D eigenvalue weighted by atomic mass is 10.0. The minimum absolute atomic E-state index is 0.0583. The molecule has 7 heteroatoms. The summed E-state index contributed by atoms with van der Waals surface area (Å²) in [6, 6.07) is 0. The summed E-state index contributed by atoms with van der Waals surface area (Å²) < 4.78 is 44.0. The topological polar surface area (TPSA) is 55.4 Å². The number of rotatable bonds is 12. The van der Waals surface area contributed by atoms with Crippen molar-refractivity contribution in [2.75, 3.05) is 6.61 Å². The van der Waals surface area contributed by atoms with Crippen LogP contribution < -0.4 is 5.32 Å². The number of halogens is 3. The molecular formula is C16H26F3NO3. The highest BCUT2D eigenvalue weighted by Crippen LogP contribution is 2.32. The van der Waals surface area contributed by atoms with Crippen LogP contribution in [0.25, 0.3) is 0 Å². The number of allylic oxidation sites excluding steroid dienone is 1. The maximum Gasteiger partial charge on any atom is 0.414 e. The Morgan fingerprint density at radius 3 is 2.09 bits per heavy atom. The number of hydrogen-bond donors (Lipinski definition) is 1. The molecule has 0 aromatic heterocycles. The lowest BCUT2D eigenvalue weighted by Crippen LogP contribution is -2.28. The second kappa shape index (κ2) is 12.0. The predicted octanol–water partition coefficient (Wildman–Crippen LogP) is 4.25. The molecule has 0 aromatic carbocycles. The van der Waals surface area contributed by atoms with Gasteiger partial charge in [0.25, 0.3) is 0 Å². The first kappa shape index (κ1) is 21.5. The van der Waals surface area contributed by atoms with Crippen LogP contribution in [-0.2, 0) is 14.3 Å². The number of carbonyl (C=O) groups is 2. The molecule has 0 aliphatic rings. The molecule has 23 heavy (non-hydrogen) atoms. The zero-order valence-corrected chi connectivity index (χ0v) is 13.8. The molecule has 1 N–H and O–H groups in total. The van der Waals surface area contributed by atoms with Crippen molar-refractivity contribution in [3.05, 3.63) is 11.3 Å². The van der Waals surface area contributed by atoms with Gasteiger partial charge in [0.1, 0.15) is 5.70 Å². The highest BCUT2D eigenvalue weighted by Gasteiger charge is 2.38. The summed E-state index contributed by atoms with van der Waals surface area (Å²) >= 11 is 0. The maximum atomic E-state index is 13.1. The van der Waals surface area contributed by atoms with Crippen molar-refractivity contribution in [2.45, 2.75) is 71.4 Å². The number of esters is 1. The van der Waals surface area contributed by atoms with Gasteiger partial charge in [-0.2, -0.15) is 13.2 Å². The summed E-state index contributed by atoms with van der Waals surface area (Å²) in [5, 5.41) is 1.85. The second-order valence-corrected chi connectivity index (χ2v) is 5.21. The van der Waals surface area contributed by atoms with Gasteiger partial charge in [-0.1, -0.05) is 45.4 Å². The van der Waals surface area contributed by atoms with Gasteiger partial charge in [-0.3, -0.25) is 4.79 Å². The molecule has 0 aromatic rings. The van der Waals surface area contributed by atoms with Crippen LogP contribution in [0.4, 0.5) is 13.2 Å². The highest BCUT2D eigenvalue weighted by atomic mass is 19.4. The third kappa shape index (κ3) is 9.25. The van der Waals surface area contributed by atoms with Crippen molar-refractivity contribution in [3.63, 3.8) is 0 Å². The number of unbranched alkanes of at least 4 members (excludes halogenated alkanes) is 6. The van der Waals surface area contributed by atoms with Gasteiger partial charge in [-0.25, -0.2) is 4.79 Å². The third-order valence-corrected chi connectivity index (χ3v) is 3.36. The average molecular weight is 337 g/mol. The first-order chi connectivity index (χ1) is 10.9. The van der Waals surface area contributed by atoms with Crippen molar-refractivity contribution in [1.29, 1.82) is 0 Å². The molecule has 0 aliphatic heterocycles. The summed E-state index contributed by atoms with van der Waals surface area (Å²) in [6.45, 7) is 3.52. The molecule has 4 nitrogen and oxygen atoms in total. The zero-order valence-electron chi connectivity index (χ0n) is 13.8. The molecule has 0 fully saturated rings. The molecule has 0 spiro atoms. The van der Waals surface area contributed by atoms with Crippen molar-refractivity contribution < 1.29 is 27.5 Å². The molecule has 0 unspecified atom stereocenters. The standard InChI is InChI=1S/C16H26F3NO3/c1-3-5-6-7-8-9-10-11-13(16(17,18)19)14(20-12-21)15(22)23-4-2/h12H,3-11H2,1-2H3,(H,20,21)/b14-13-. The van der Waals surface area contributed by atoms with E-state index < -0.39 is 23.4 Å². The Bertz CT molecular complexity index is 393. The smallest absolute Gasteiger partial charge is 0.414 e. The van der Waals surface area contributed by atoms with E-state index in [1.54, 1.807) is 0 Å². The second-order valence-electron chi connectivity index (χ2n) is 5.21. The van der Waals surface area contributed by atoms with Gasteiger partial charge in [0.2, 0.25) is 6.41 Å². The van der Waals surface area contributed by atoms with Crippen molar-refractivity contribution in [1.82, 2.24) is 5.32 Å². The van der Waals surface area contributed by atoms with Crippen molar-refractivity contribution >= 4 is 12.4 Å². The first-order valence-corrected chi connectivity index (χ1v) is 8.06. The van der Waals surface area contributed by atoms with E-state index in [0.717, 1.165) is 32.1 Å². The fourth-order valence-corrected chi connectivity index (χ4v) is 2.20. The van der Waals surface area contributed by atoms with E-state index in [2.05, 4.69) is 11.7 Å². The molecule has 0 saturated carbocycles. The number of alkyl halides is 3.